The highest BCUT2D eigenvalue weighted by atomic mass is 32.2. The number of hydrogen-bond acceptors (Lipinski definition) is 4. The number of thioether (sulfide) groups is 1. The molecule has 3 aromatic rings. The molecule has 1 amide bonds. The first-order valence-corrected chi connectivity index (χ1v) is 8.02. The van der Waals surface area contributed by atoms with Crippen LogP contribution in [0.1, 0.15) is 5.56 Å². The predicted octanol–water partition coefficient (Wildman–Crippen LogP) is 3.76. The monoisotopic (exact) mass is 388 g/mol. The van der Waals surface area contributed by atoms with E-state index in [0.717, 1.165) is 52.7 Å². The van der Waals surface area contributed by atoms with Gasteiger partial charge in [0.1, 0.15) is 11.6 Å². The van der Waals surface area contributed by atoms with Gasteiger partial charge in [0.15, 0.2) is 10.8 Å². The number of carbonyl (C=O) groups is 1. The van der Waals surface area contributed by atoms with E-state index in [4.69, 9.17) is 0 Å². The number of hydrogen-bond donors (Lipinski definition) is 1. The highest BCUT2D eigenvalue weighted by Gasteiger charge is 2.31. The van der Waals surface area contributed by atoms with E-state index in [1.807, 2.05) is 0 Å². The minimum absolute atomic E-state index is 0.0564. The molecule has 136 valence electrons. The van der Waals surface area contributed by atoms with Crippen LogP contribution in [0.5, 0.6) is 0 Å². The van der Waals surface area contributed by atoms with Crippen LogP contribution in [0.3, 0.4) is 0 Å². The third kappa shape index (κ3) is 3.93. The minimum atomic E-state index is -4.54. The van der Waals surface area contributed by atoms with Crippen molar-refractivity contribution in [3.8, 4) is 0 Å². The Morgan fingerprint density at radius 3 is 2.65 bits per heavy atom. The molecule has 0 aliphatic rings. The van der Waals surface area contributed by atoms with Crippen LogP contribution in [0, 0.1) is 11.6 Å². The molecule has 2 aromatic heterocycles. The van der Waals surface area contributed by atoms with Gasteiger partial charge < -0.3 is 5.32 Å². The van der Waals surface area contributed by atoms with Gasteiger partial charge in [-0.05, 0) is 24.3 Å². The fourth-order valence-electron chi connectivity index (χ4n) is 2.05. The molecular formula is C15H9F5N4OS. The van der Waals surface area contributed by atoms with Gasteiger partial charge in [-0.2, -0.15) is 13.2 Å². The minimum Gasteiger partial charge on any atom is -0.323 e. The summed E-state index contributed by atoms with van der Waals surface area (Å²) < 4.78 is 66.0. The summed E-state index contributed by atoms with van der Waals surface area (Å²) in [6.07, 6.45) is -3.71. The number of nitrogens with one attached hydrogen (secondary N) is 1. The number of benzene rings is 1. The van der Waals surface area contributed by atoms with Gasteiger partial charge in [0.2, 0.25) is 5.91 Å². The van der Waals surface area contributed by atoms with Crippen molar-refractivity contribution in [1.29, 1.82) is 0 Å². The molecule has 0 aliphatic carbocycles. The molecule has 0 bridgehead atoms. The Bertz CT molecular complexity index is 972. The summed E-state index contributed by atoms with van der Waals surface area (Å²) >= 11 is 0.807. The third-order valence-electron chi connectivity index (χ3n) is 3.23. The maximum absolute atomic E-state index is 13.5. The molecule has 0 spiro atoms. The van der Waals surface area contributed by atoms with Crippen LogP contribution >= 0.6 is 11.8 Å². The summed E-state index contributed by atoms with van der Waals surface area (Å²) in [5.74, 6) is -2.50. The zero-order chi connectivity index (χ0) is 18.9. The Balaban J connectivity index is 1.73. The van der Waals surface area contributed by atoms with Crippen molar-refractivity contribution < 1.29 is 26.7 Å². The fourth-order valence-corrected chi connectivity index (χ4v) is 2.76. The number of anilines is 1. The van der Waals surface area contributed by atoms with E-state index in [1.54, 1.807) is 0 Å². The van der Waals surface area contributed by atoms with Crippen molar-refractivity contribution >= 4 is 29.0 Å². The molecule has 0 saturated heterocycles. The van der Waals surface area contributed by atoms with E-state index in [1.165, 1.54) is 0 Å². The van der Waals surface area contributed by atoms with Crippen LogP contribution in [0.2, 0.25) is 0 Å². The fraction of sp³-hybridized carbons (Fsp3) is 0.133. The number of carbonyl (C=O) groups excluding carboxylic acids is 1. The Kier molecular flexibility index (Phi) is 4.81. The second-order valence-electron chi connectivity index (χ2n) is 5.09. The molecule has 0 aliphatic heterocycles. The van der Waals surface area contributed by atoms with Crippen molar-refractivity contribution in [2.24, 2.45) is 0 Å². The largest absolute Gasteiger partial charge is 0.417 e. The number of aromatic nitrogens is 3. The molecule has 0 saturated carbocycles. The molecule has 1 N–H and O–H groups in total. The lowest BCUT2D eigenvalue weighted by atomic mass is 10.3. The Morgan fingerprint density at radius 2 is 1.92 bits per heavy atom. The Labute approximate surface area is 147 Å². The van der Waals surface area contributed by atoms with Gasteiger partial charge in [-0.3, -0.25) is 9.20 Å². The smallest absolute Gasteiger partial charge is 0.323 e. The molecule has 0 radical (unpaired) electrons. The van der Waals surface area contributed by atoms with E-state index in [0.29, 0.717) is 0 Å². The number of alkyl halides is 3. The molecule has 0 unspecified atom stereocenters. The molecule has 0 fully saturated rings. The zero-order valence-corrected chi connectivity index (χ0v) is 13.5. The number of fused-ring (bicyclic) bond motifs is 1. The molecule has 11 heteroatoms. The third-order valence-corrected chi connectivity index (χ3v) is 4.18. The van der Waals surface area contributed by atoms with E-state index in [2.05, 4.69) is 15.5 Å². The summed E-state index contributed by atoms with van der Waals surface area (Å²) in [5.41, 5.74) is -1.05. The number of nitrogens with zero attached hydrogens (tertiary/aromatic N) is 3. The lowest BCUT2D eigenvalue weighted by Crippen LogP contribution is -2.15. The first-order valence-electron chi connectivity index (χ1n) is 7.04. The average Bonchev–Trinajstić information content (AvgIpc) is 2.98. The predicted molar refractivity (Wildman–Crippen MR) is 83.7 cm³/mol. The molecule has 3 rings (SSSR count). The Hall–Kier alpha value is -2.69. The normalized spacial score (nSPS) is 11.7. The van der Waals surface area contributed by atoms with Crippen molar-refractivity contribution in [1.82, 2.24) is 14.6 Å². The Morgan fingerprint density at radius 1 is 1.15 bits per heavy atom. The van der Waals surface area contributed by atoms with Crippen LogP contribution in [-0.4, -0.2) is 26.3 Å². The van der Waals surface area contributed by atoms with E-state index in [9.17, 15) is 26.7 Å². The van der Waals surface area contributed by atoms with E-state index < -0.39 is 29.3 Å². The number of amides is 1. The highest BCUT2D eigenvalue weighted by Crippen LogP contribution is 2.30. The lowest BCUT2D eigenvalue weighted by Gasteiger charge is -2.08. The summed E-state index contributed by atoms with van der Waals surface area (Å²) in [6.45, 7) is 0. The summed E-state index contributed by atoms with van der Waals surface area (Å²) in [6, 6.07) is 4.61. The first-order chi connectivity index (χ1) is 12.2. The van der Waals surface area contributed by atoms with Gasteiger partial charge in [0.05, 0.1) is 17.0 Å². The standard InChI is InChI=1S/C15H9F5N4OS/c16-9-2-3-10(17)11(5-9)21-13(25)7-26-14-23-22-12-4-1-8(6-24(12)14)15(18,19)20/h1-6H,7H2,(H,21,25). The van der Waals surface area contributed by atoms with Crippen LogP contribution in [-0.2, 0) is 11.0 Å². The van der Waals surface area contributed by atoms with Crippen molar-refractivity contribution in [3.63, 3.8) is 0 Å². The number of halogens is 5. The molecule has 26 heavy (non-hydrogen) atoms. The quantitative estimate of drug-likeness (QED) is 0.546. The van der Waals surface area contributed by atoms with Gasteiger partial charge in [0.25, 0.3) is 0 Å². The van der Waals surface area contributed by atoms with Crippen LogP contribution in [0.4, 0.5) is 27.6 Å². The molecule has 1 aromatic carbocycles. The zero-order valence-electron chi connectivity index (χ0n) is 12.7. The summed E-state index contributed by atoms with van der Waals surface area (Å²) in [7, 11) is 0. The van der Waals surface area contributed by atoms with Gasteiger partial charge in [-0.15, -0.1) is 10.2 Å². The van der Waals surface area contributed by atoms with Gasteiger partial charge in [0, 0.05) is 12.3 Å². The highest BCUT2D eigenvalue weighted by molar-refractivity contribution is 7.99. The molecular weight excluding hydrogens is 379 g/mol. The first kappa shape index (κ1) is 18.1. The van der Waals surface area contributed by atoms with E-state index >= 15 is 0 Å². The number of rotatable bonds is 4. The van der Waals surface area contributed by atoms with Crippen LogP contribution < -0.4 is 5.32 Å². The average molecular weight is 388 g/mol. The van der Waals surface area contributed by atoms with Crippen molar-refractivity contribution in [2.45, 2.75) is 11.3 Å². The second kappa shape index (κ2) is 6.90. The lowest BCUT2D eigenvalue weighted by molar-refractivity contribution is -0.137. The van der Waals surface area contributed by atoms with Gasteiger partial charge in [-0.25, -0.2) is 8.78 Å². The van der Waals surface area contributed by atoms with Crippen molar-refractivity contribution in [3.05, 3.63) is 53.7 Å². The maximum atomic E-state index is 13.5. The topological polar surface area (TPSA) is 59.3 Å². The maximum Gasteiger partial charge on any atom is 0.417 e. The molecule has 2 heterocycles. The van der Waals surface area contributed by atoms with E-state index in [-0.39, 0.29) is 22.2 Å². The van der Waals surface area contributed by atoms with Crippen LogP contribution in [0.25, 0.3) is 5.65 Å². The van der Waals surface area contributed by atoms with Crippen LogP contribution in [0.15, 0.2) is 41.7 Å². The molecule has 5 nitrogen and oxygen atoms in total. The van der Waals surface area contributed by atoms with Gasteiger partial charge >= 0.3 is 6.18 Å². The SMILES string of the molecule is O=C(CSc1nnc2ccc(C(F)(F)F)cn12)Nc1cc(F)ccc1F. The van der Waals surface area contributed by atoms with Crippen molar-refractivity contribution in [2.75, 3.05) is 11.1 Å². The summed E-state index contributed by atoms with van der Waals surface area (Å²) in [4.78, 5) is 11.9. The number of pyridine rings is 1. The summed E-state index contributed by atoms with van der Waals surface area (Å²) in [5, 5.41) is 9.68. The molecule has 0 atom stereocenters. The second-order valence-corrected chi connectivity index (χ2v) is 6.03. The van der Waals surface area contributed by atoms with Gasteiger partial charge in [-0.1, -0.05) is 11.8 Å².